The van der Waals surface area contributed by atoms with Crippen molar-refractivity contribution in [3.8, 4) is 11.3 Å². The number of alkyl halides is 2. The third-order valence-corrected chi connectivity index (χ3v) is 7.56. The van der Waals surface area contributed by atoms with Gasteiger partial charge in [0.25, 0.3) is 12.3 Å². The molecule has 2 fully saturated rings. The summed E-state index contributed by atoms with van der Waals surface area (Å²) in [6.45, 7) is 4.32. The smallest absolute Gasteiger partial charge is 0.276 e. The van der Waals surface area contributed by atoms with Gasteiger partial charge in [0.15, 0.2) is 11.6 Å². The maximum absolute atomic E-state index is 14.8. The Morgan fingerprint density at radius 2 is 2.02 bits per heavy atom. The summed E-state index contributed by atoms with van der Waals surface area (Å²) in [5.41, 5.74) is 0.441. The first-order valence-corrected chi connectivity index (χ1v) is 13.1. The third-order valence-electron chi connectivity index (χ3n) is 7.27. The SMILES string of the molecule is Cc1cc(N2C[C@H]3C[C@H]3C2=O)nnc1Cn1cc(NC(=O)c2nc(-c3c(C(F)F)ccc(Cl)c3F)cnc2C)cn1. The highest BCUT2D eigenvalue weighted by Gasteiger charge is 2.53. The van der Waals surface area contributed by atoms with E-state index in [1.54, 1.807) is 15.8 Å². The lowest BCUT2D eigenvalue weighted by Crippen LogP contribution is -2.29. The number of carbonyl (C=O) groups is 2. The molecule has 2 atom stereocenters. The molecule has 3 aromatic heterocycles. The quantitative estimate of drug-likeness (QED) is 0.334. The van der Waals surface area contributed by atoms with Crippen LogP contribution in [0.15, 0.2) is 36.8 Å². The Kier molecular flexibility index (Phi) is 6.68. The summed E-state index contributed by atoms with van der Waals surface area (Å²) >= 11 is 5.82. The zero-order valence-electron chi connectivity index (χ0n) is 21.8. The monoisotopic (exact) mass is 582 g/mol. The number of rotatable bonds is 7. The number of nitrogens with zero attached hydrogens (tertiary/aromatic N) is 7. The van der Waals surface area contributed by atoms with Gasteiger partial charge in [-0.2, -0.15) is 10.2 Å². The fourth-order valence-electron chi connectivity index (χ4n) is 4.92. The van der Waals surface area contributed by atoms with Crippen LogP contribution in [0.2, 0.25) is 5.02 Å². The number of halogens is 4. The molecule has 1 aliphatic carbocycles. The predicted molar refractivity (Wildman–Crippen MR) is 142 cm³/mol. The van der Waals surface area contributed by atoms with E-state index in [9.17, 15) is 22.8 Å². The molecule has 1 N–H and O–H groups in total. The van der Waals surface area contributed by atoms with E-state index in [0.29, 0.717) is 29.7 Å². The highest BCUT2D eigenvalue weighted by atomic mass is 35.5. The molecular formula is C27H22ClF3N8O2. The fourth-order valence-corrected chi connectivity index (χ4v) is 5.08. The average Bonchev–Trinajstić information content (AvgIpc) is 3.46. The molecular weight excluding hydrogens is 561 g/mol. The number of benzene rings is 1. The Bertz CT molecular complexity index is 1710. The van der Waals surface area contributed by atoms with Crippen LogP contribution in [-0.4, -0.2) is 48.3 Å². The Morgan fingerprint density at radius 3 is 2.73 bits per heavy atom. The van der Waals surface area contributed by atoms with Crippen molar-refractivity contribution in [1.29, 1.82) is 0 Å². The van der Waals surface area contributed by atoms with Gasteiger partial charge in [0.2, 0.25) is 5.91 Å². The van der Waals surface area contributed by atoms with Crippen LogP contribution in [0.4, 0.5) is 24.7 Å². The molecule has 1 saturated heterocycles. The van der Waals surface area contributed by atoms with Crippen LogP contribution in [0.25, 0.3) is 11.3 Å². The molecule has 4 heterocycles. The summed E-state index contributed by atoms with van der Waals surface area (Å²) in [6, 6.07) is 3.87. The molecule has 2 aliphatic rings. The summed E-state index contributed by atoms with van der Waals surface area (Å²) in [7, 11) is 0. The van der Waals surface area contributed by atoms with Crippen LogP contribution in [0, 0.1) is 31.5 Å². The van der Waals surface area contributed by atoms with Crippen molar-refractivity contribution in [3.05, 3.63) is 75.8 Å². The second kappa shape index (κ2) is 10.2. The molecule has 0 spiro atoms. The minimum Gasteiger partial charge on any atom is -0.318 e. The summed E-state index contributed by atoms with van der Waals surface area (Å²) in [4.78, 5) is 35.3. The topological polar surface area (TPSA) is 119 Å². The lowest BCUT2D eigenvalue weighted by Gasteiger charge is -2.17. The Morgan fingerprint density at radius 1 is 1.22 bits per heavy atom. The number of carbonyl (C=O) groups excluding carboxylic acids is 2. The average molecular weight is 583 g/mol. The van der Waals surface area contributed by atoms with Crippen LogP contribution >= 0.6 is 11.6 Å². The minimum absolute atomic E-state index is 0.0986. The van der Waals surface area contributed by atoms with Gasteiger partial charge in [-0.05, 0) is 43.9 Å². The summed E-state index contributed by atoms with van der Waals surface area (Å²) in [5, 5.41) is 15.1. The Labute approximate surface area is 236 Å². The molecule has 14 heteroatoms. The maximum Gasteiger partial charge on any atom is 0.276 e. The molecule has 6 rings (SSSR count). The Hall–Kier alpha value is -4.39. The van der Waals surface area contributed by atoms with Crippen molar-refractivity contribution in [2.24, 2.45) is 11.8 Å². The third kappa shape index (κ3) is 5.01. The molecule has 41 heavy (non-hydrogen) atoms. The van der Waals surface area contributed by atoms with E-state index in [-0.39, 0.29) is 40.5 Å². The van der Waals surface area contributed by atoms with Crippen LogP contribution in [0.1, 0.15) is 45.8 Å². The van der Waals surface area contributed by atoms with Gasteiger partial charge in [-0.25, -0.2) is 18.2 Å². The van der Waals surface area contributed by atoms with Gasteiger partial charge in [-0.3, -0.25) is 24.2 Å². The molecule has 1 saturated carbocycles. The van der Waals surface area contributed by atoms with Gasteiger partial charge < -0.3 is 5.32 Å². The molecule has 0 unspecified atom stereocenters. The van der Waals surface area contributed by atoms with E-state index in [2.05, 4.69) is 30.6 Å². The molecule has 210 valence electrons. The first-order chi connectivity index (χ1) is 19.6. The second-order valence-electron chi connectivity index (χ2n) is 10.1. The van der Waals surface area contributed by atoms with Crippen molar-refractivity contribution in [2.45, 2.75) is 33.2 Å². The van der Waals surface area contributed by atoms with E-state index in [1.165, 1.54) is 13.1 Å². The number of hydrogen-bond acceptors (Lipinski definition) is 7. The molecule has 1 aliphatic heterocycles. The standard InChI is InChI=1S/C27H22ClF3N8O2/c1-12-5-21(39-9-14-6-17(14)27(39)41)37-36-20(12)11-38-10-15(7-33-38)34-26(40)24-13(2)32-8-19(35-24)22-16(25(30)31)3-4-18(28)23(22)29/h3-5,7-8,10,14,17,25H,6,9,11H2,1-2H3,(H,34,40)/t14-,17-/m1/s1. The van der Waals surface area contributed by atoms with Crippen molar-refractivity contribution >= 4 is 34.9 Å². The highest BCUT2D eigenvalue weighted by molar-refractivity contribution is 6.31. The summed E-state index contributed by atoms with van der Waals surface area (Å²) < 4.78 is 43.5. The highest BCUT2D eigenvalue weighted by Crippen LogP contribution is 2.47. The van der Waals surface area contributed by atoms with Crippen LogP contribution < -0.4 is 10.2 Å². The lowest BCUT2D eigenvalue weighted by molar-refractivity contribution is -0.118. The normalized spacial score (nSPS) is 17.7. The van der Waals surface area contributed by atoms with Gasteiger partial charge in [0.05, 0.1) is 46.7 Å². The molecule has 4 aromatic rings. The van der Waals surface area contributed by atoms with E-state index >= 15 is 0 Å². The number of amides is 2. The predicted octanol–water partition coefficient (Wildman–Crippen LogP) is 4.76. The zero-order valence-corrected chi connectivity index (χ0v) is 22.5. The number of aromatic nitrogens is 6. The first-order valence-electron chi connectivity index (χ1n) is 12.7. The van der Waals surface area contributed by atoms with Gasteiger partial charge in [0.1, 0.15) is 5.69 Å². The number of anilines is 2. The second-order valence-corrected chi connectivity index (χ2v) is 10.5. The molecule has 10 nitrogen and oxygen atoms in total. The fraction of sp³-hybridized carbons (Fsp3) is 0.296. The van der Waals surface area contributed by atoms with Crippen molar-refractivity contribution in [2.75, 3.05) is 16.8 Å². The van der Waals surface area contributed by atoms with Gasteiger partial charge >= 0.3 is 0 Å². The number of hydrogen-bond donors (Lipinski definition) is 1. The maximum atomic E-state index is 14.8. The number of aryl methyl sites for hydroxylation is 2. The van der Waals surface area contributed by atoms with E-state index < -0.39 is 29.3 Å². The van der Waals surface area contributed by atoms with E-state index in [4.69, 9.17) is 11.6 Å². The zero-order chi connectivity index (χ0) is 29.0. The number of piperidine rings is 1. The van der Waals surface area contributed by atoms with Crippen molar-refractivity contribution < 1.29 is 22.8 Å². The van der Waals surface area contributed by atoms with Gasteiger partial charge in [0, 0.05) is 29.8 Å². The first kappa shape index (κ1) is 26.8. The van der Waals surface area contributed by atoms with Gasteiger partial charge in [-0.15, -0.1) is 5.10 Å². The number of nitrogens with one attached hydrogen (secondary N) is 1. The number of fused-ring (bicyclic) bond motifs is 1. The molecule has 2 amide bonds. The van der Waals surface area contributed by atoms with Crippen LogP contribution in [0.3, 0.4) is 0 Å². The Balaban J connectivity index is 1.18. The molecule has 0 radical (unpaired) electrons. The largest absolute Gasteiger partial charge is 0.318 e. The summed E-state index contributed by atoms with van der Waals surface area (Å²) in [6.07, 6.45) is 2.06. The van der Waals surface area contributed by atoms with Crippen LogP contribution in [0.5, 0.6) is 0 Å². The van der Waals surface area contributed by atoms with Crippen molar-refractivity contribution in [3.63, 3.8) is 0 Å². The molecule has 1 aromatic carbocycles. The molecule has 0 bridgehead atoms. The summed E-state index contributed by atoms with van der Waals surface area (Å²) in [5.74, 6) is -0.584. The van der Waals surface area contributed by atoms with E-state index in [0.717, 1.165) is 30.3 Å². The van der Waals surface area contributed by atoms with Crippen LogP contribution in [-0.2, 0) is 11.3 Å². The lowest BCUT2D eigenvalue weighted by atomic mass is 10.0. The van der Waals surface area contributed by atoms with Gasteiger partial charge in [-0.1, -0.05) is 17.7 Å². The van der Waals surface area contributed by atoms with E-state index in [1.807, 2.05) is 13.0 Å². The minimum atomic E-state index is -3.00. The van der Waals surface area contributed by atoms with Crippen molar-refractivity contribution in [1.82, 2.24) is 29.9 Å².